The van der Waals surface area contributed by atoms with E-state index in [0.717, 1.165) is 25.2 Å². The van der Waals surface area contributed by atoms with E-state index in [9.17, 15) is 0 Å². The summed E-state index contributed by atoms with van der Waals surface area (Å²) < 4.78 is 1.90. The number of hydrogen-bond donors (Lipinski definition) is 2. The molecule has 0 saturated carbocycles. The molecule has 0 aliphatic carbocycles. The van der Waals surface area contributed by atoms with Crippen molar-refractivity contribution < 1.29 is 0 Å². The van der Waals surface area contributed by atoms with E-state index in [2.05, 4.69) is 10.4 Å². The lowest BCUT2D eigenvalue weighted by Crippen LogP contribution is -2.07. The van der Waals surface area contributed by atoms with Gasteiger partial charge in [0.1, 0.15) is 6.07 Å². The molecule has 0 saturated heterocycles. The van der Waals surface area contributed by atoms with Crippen LogP contribution in [0.25, 0.3) is 0 Å². The third kappa shape index (κ3) is 3.01. The molecule has 3 N–H and O–H groups in total. The number of benzene rings is 1. The van der Waals surface area contributed by atoms with Crippen LogP contribution in [-0.4, -0.2) is 16.3 Å². The maximum absolute atomic E-state index is 8.77. The first-order valence-corrected chi connectivity index (χ1v) is 5.80. The molecule has 1 heterocycles. The van der Waals surface area contributed by atoms with E-state index < -0.39 is 0 Å². The van der Waals surface area contributed by atoms with Gasteiger partial charge in [0.05, 0.1) is 11.3 Å². The number of nitrogens with one attached hydrogen (secondary N) is 1. The van der Waals surface area contributed by atoms with Gasteiger partial charge in [0.2, 0.25) is 0 Å². The van der Waals surface area contributed by atoms with Gasteiger partial charge in [-0.25, -0.2) is 0 Å². The van der Waals surface area contributed by atoms with E-state index in [0.29, 0.717) is 11.3 Å². The summed E-state index contributed by atoms with van der Waals surface area (Å²) in [5.74, 6) is 0. The molecule has 2 rings (SSSR count). The van der Waals surface area contributed by atoms with Gasteiger partial charge < -0.3 is 11.1 Å². The maximum Gasteiger partial charge on any atom is 0.101 e. The van der Waals surface area contributed by atoms with Crippen molar-refractivity contribution >= 4 is 11.4 Å². The molecule has 0 fully saturated rings. The highest BCUT2D eigenvalue weighted by Gasteiger charge is 1.99. The number of aromatic nitrogens is 2. The van der Waals surface area contributed by atoms with E-state index in [4.69, 9.17) is 11.0 Å². The molecule has 0 radical (unpaired) electrons. The van der Waals surface area contributed by atoms with Crippen LogP contribution in [0, 0.1) is 11.3 Å². The molecule has 0 unspecified atom stereocenters. The summed E-state index contributed by atoms with van der Waals surface area (Å²) >= 11 is 0. The van der Waals surface area contributed by atoms with Crippen molar-refractivity contribution in [2.24, 2.45) is 0 Å². The SMILES string of the molecule is N#Cc1ccc(NCCCn2cccn2)cc1N. The van der Waals surface area contributed by atoms with Crippen molar-refractivity contribution in [1.82, 2.24) is 9.78 Å². The summed E-state index contributed by atoms with van der Waals surface area (Å²) in [6.45, 7) is 1.72. The Kier molecular flexibility index (Phi) is 3.82. The van der Waals surface area contributed by atoms with Crippen LogP contribution < -0.4 is 11.1 Å². The molecular formula is C13H15N5. The van der Waals surface area contributed by atoms with Gasteiger partial charge in [-0.2, -0.15) is 10.4 Å². The Hall–Kier alpha value is -2.48. The molecule has 92 valence electrons. The molecule has 2 aromatic rings. The Balaban J connectivity index is 1.80. The summed E-state index contributed by atoms with van der Waals surface area (Å²) in [6, 6.07) is 9.33. The number of nitrogens with two attached hydrogens (primary N) is 1. The van der Waals surface area contributed by atoms with Crippen molar-refractivity contribution in [3.05, 3.63) is 42.2 Å². The zero-order valence-corrected chi connectivity index (χ0v) is 10.0. The summed E-state index contributed by atoms with van der Waals surface area (Å²) in [7, 11) is 0. The molecule has 0 spiro atoms. The Morgan fingerprint density at radius 1 is 1.44 bits per heavy atom. The smallest absolute Gasteiger partial charge is 0.101 e. The van der Waals surface area contributed by atoms with Crippen molar-refractivity contribution in [2.45, 2.75) is 13.0 Å². The van der Waals surface area contributed by atoms with Crippen LogP contribution in [0.5, 0.6) is 0 Å². The minimum Gasteiger partial charge on any atom is -0.398 e. The average Bonchev–Trinajstić information content (AvgIpc) is 2.88. The fourth-order valence-corrected chi connectivity index (χ4v) is 1.68. The number of aryl methyl sites for hydroxylation is 1. The maximum atomic E-state index is 8.77. The number of anilines is 2. The van der Waals surface area contributed by atoms with Gasteiger partial charge in [-0.15, -0.1) is 0 Å². The molecule has 0 amide bonds. The predicted molar refractivity (Wildman–Crippen MR) is 70.9 cm³/mol. The highest BCUT2D eigenvalue weighted by molar-refractivity contribution is 5.62. The van der Waals surface area contributed by atoms with Crippen molar-refractivity contribution in [3.63, 3.8) is 0 Å². The van der Waals surface area contributed by atoms with Gasteiger partial charge in [-0.1, -0.05) is 0 Å². The number of nitrogens with zero attached hydrogens (tertiary/aromatic N) is 3. The van der Waals surface area contributed by atoms with Gasteiger partial charge in [0.25, 0.3) is 0 Å². The molecule has 5 heteroatoms. The van der Waals surface area contributed by atoms with E-state index in [1.807, 2.05) is 29.1 Å². The molecule has 5 nitrogen and oxygen atoms in total. The van der Waals surface area contributed by atoms with E-state index in [-0.39, 0.29) is 0 Å². The summed E-state index contributed by atoms with van der Waals surface area (Å²) in [5.41, 5.74) is 7.69. The van der Waals surface area contributed by atoms with Crippen LogP contribution in [-0.2, 0) is 6.54 Å². The lowest BCUT2D eigenvalue weighted by Gasteiger charge is -2.07. The van der Waals surface area contributed by atoms with E-state index in [1.165, 1.54) is 0 Å². The van der Waals surface area contributed by atoms with Crippen molar-refractivity contribution in [3.8, 4) is 6.07 Å². The quantitative estimate of drug-likeness (QED) is 0.618. The lowest BCUT2D eigenvalue weighted by molar-refractivity contribution is 0.592. The summed E-state index contributed by atoms with van der Waals surface area (Å²) in [5, 5.41) is 16.2. The van der Waals surface area contributed by atoms with Crippen LogP contribution in [0.2, 0.25) is 0 Å². The van der Waals surface area contributed by atoms with Crippen LogP contribution in [0.15, 0.2) is 36.7 Å². The van der Waals surface area contributed by atoms with E-state index in [1.54, 1.807) is 18.3 Å². The average molecular weight is 241 g/mol. The Morgan fingerprint density at radius 2 is 2.33 bits per heavy atom. The zero-order chi connectivity index (χ0) is 12.8. The molecule has 1 aromatic carbocycles. The lowest BCUT2D eigenvalue weighted by atomic mass is 10.2. The van der Waals surface area contributed by atoms with Crippen LogP contribution in [0.1, 0.15) is 12.0 Å². The monoisotopic (exact) mass is 241 g/mol. The second-order valence-electron chi connectivity index (χ2n) is 3.96. The molecule has 0 aliphatic heterocycles. The topological polar surface area (TPSA) is 79.7 Å². The third-order valence-electron chi connectivity index (χ3n) is 2.62. The molecular weight excluding hydrogens is 226 g/mol. The zero-order valence-electron chi connectivity index (χ0n) is 10.0. The number of rotatable bonds is 5. The summed E-state index contributed by atoms with van der Waals surface area (Å²) in [6.07, 6.45) is 4.69. The van der Waals surface area contributed by atoms with E-state index >= 15 is 0 Å². The second-order valence-corrected chi connectivity index (χ2v) is 3.96. The fraction of sp³-hybridized carbons (Fsp3) is 0.231. The van der Waals surface area contributed by atoms with Gasteiger partial charge in [0, 0.05) is 31.2 Å². The minimum atomic E-state index is 0.509. The summed E-state index contributed by atoms with van der Waals surface area (Å²) in [4.78, 5) is 0. The number of nitrogen functional groups attached to an aromatic ring is 1. The second kappa shape index (κ2) is 5.73. The minimum absolute atomic E-state index is 0.509. The van der Waals surface area contributed by atoms with Crippen LogP contribution in [0.4, 0.5) is 11.4 Å². The highest BCUT2D eigenvalue weighted by Crippen LogP contribution is 2.16. The molecule has 0 aliphatic rings. The van der Waals surface area contributed by atoms with Gasteiger partial charge in [0.15, 0.2) is 0 Å². The number of hydrogen-bond acceptors (Lipinski definition) is 4. The first-order chi connectivity index (χ1) is 8.79. The van der Waals surface area contributed by atoms with Crippen LogP contribution >= 0.6 is 0 Å². The van der Waals surface area contributed by atoms with Gasteiger partial charge in [-0.05, 0) is 30.7 Å². The predicted octanol–water partition coefficient (Wildman–Crippen LogP) is 1.84. The fourth-order valence-electron chi connectivity index (χ4n) is 1.68. The van der Waals surface area contributed by atoms with Crippen LogP contribution in [0.3, 0.4) is 0 Å². The molecule has 0 bridgehead atoms. The normalized spacial score (nSPS) is 9.94. The largest absolute Gasteiger partial charge is 0.398 e. The molecule has 0 atom stereocenters. The Bertz CT molecular complexity index is 539. The van der Waals surface area contributed by atoms with Gasteiger partial charge in [-0.3, -0.25) is 4.68 Å². The van der Waals surface area contributed by atoms with Gasteiger partial charge >= 0.3 is 0 Å². The highest BCUT2D eigenvalue weighted by atomic mass is 15.3. The third-order valence-corrected chi connectivity index (χ3v) is 2.62. The molecule has 18 heavy (non-hydrogen) atoms. The Morgan fingerprint density at radius 3 is 3.00 bits per heavy atom. The first-order valence-electron chi connectivity index (χ1n) is 5.80. The standard InChI is InChI=1S/C13H15N5/c14-10-11-3-4-12(9-13(11)15)16-5-1-7-18-8-2-6-17-18/h2-4,6,8-9,16H,1,5,7,15H2. The van der Waals surface area contributed by atoms with Crippen molar-refractivity contribution in [1.29, 1.82) is 5.26 Å². The Labute approximate surface area is 106 Å². The van der Waals surface area contributed by atoms with Crippen molar-refractivity contribution in [2.75, 3.05) is 17.6 Å². The number of nitriles is 1. The molecule has 1 aromatic heterocycles. The first kappa shape index (κ1) is 12.0.